The van der Waals surface area contributed by atoms with Gasteiger partial charge in [-0.3, -0.25) is 4.99 Å². The molecule has 0 unspecified atom stereocenters. The van der Waals surface area contributed by atoms with E-state index in [2.05, 4.69) is 48.3 Å². The normalized spacial score (nSPS) is 11.1. The van der Waals surface area contributed by atoms with Crippen molar-refractivity contribution in [2.24, 2.45) is 4.99 Å². The van der Waals surface area contributed by atoms with Gasteiger partial charge >= 0.3 is 0 Å². The summed E-state index contributed by atoms with van der Waals surface area (Å²) in [5.41, 5.74) is 2.86. The highest BCUT2D eigenvalue weighted by atomic mass is 35.5. The summed E-state index contributed by atoms with van der Waals surface area (Å²) in [6.07, 6.45) is 1.74. The molecule has 0 atom stereocenters. The number of benzene rings is 3. The molecule has 0 N–H and O–H groups in total. The van der Waals surface area contributed by atoms with E-state index in [9.17, 15) is 4.39 Å². The van der Waals surface area contributed by atoms with Gasteiger partial charge in [-0.15, -0.1) is 0 Å². The number of aryl methyl sites for hydroxylation is 1. The summed E-state index contributed by atoms with van der Waals surface area (Å²) >= 11 is 7.47. The monoisotopic (exact) mass is 355 g/mol. The summed E-state index contributed by atoms with van der Waals surface area (Å²) in [5.74, 6) is -0.437. The highest BCUT2D eigenvalue weighted by molar-refractivity contribution is 7.99. The lowest BCUT2D eigenvalue weighted by molar-refractivity contribution is 0.628. The zero-order valence-electron chi connectivity index (χ0n) is 13.0. The molecule has 3 rings (SSSR count). The van der Waals surface area contributed by atoms with Crippen LogP contribution in [0.4, 0.5) is 10.1 Å². The molecule has 120 valence electrons. The summed E-state index contributed by atoms with van der Waals surface area (Å²) in [5, 5.41) is 0.0782. The van der Waals surface area contributed by atoms with Crippen LogP contribution in [0.1, 0.15) is 11.1 Å². The lowest BCUT2D eigenvalue weighted by atomic mass is 10.2. The maximum absolute atomic E-state index is 13.1. The third-order valence-corrected chi connectivity index (χ3v) is 4.71. The Balaban J connectivity index is 1.68. The van der Waals surface area contributed by atoms with Crippen molar-refractivity contribution >= 4 is 35.3 Å². The second-order valence-corrected chi connectivity index (χ2v) is 6.89. The zero-order chi connectivity index (χ0) is 16.9. The zero-order valence-corrected chi connectivity index (χ0v) is 14.6. The molecule has 0 heterocycles. The summed E-state index contributed by atoms with van der Waals surface area (Å²) in [7, 11) is 0. The van der Waals surface area contributed by atoms with Crippen molar-refractivity contribution in [2.75, 3.05) is 0 Å². The van der Waals surface area contributed by atoms with Gasteiger partial charge in [0.1, 0.15) is 5.82 Å². The number of hydrogen-bond acceptors (Lipinski definition) is 2. The van der Waals surface area contributed by atoms with E-state index in [1.165, 1.54) is 27.5 Å². The first kappa shape index (κ1) is 16.7. The smallest absolute Gasteiger partial charge is 0.141 e. The number of halogens is 2. The van der Waals surface area contributed by atoms with Gasteiger partial charge in [-0.25, -0.2) is 4.39 Å². The topological polar surface area (TPSA) is 12.4 Å². The first-order valence-corrected chi connectivity index (χ1v) is 8.63. The number of hydrogen-bond donors (Lipinski definition) is 0. The van der Waals surface area contributed by atoms with Gasteiger partial charge in [0.05, 0.1) is 10.7 Å². The fourth-order valence-electron chi connectivity index (χ4n) is 2.08. The first-order valence-electron chi connectivity index (χ1n) is 7.44. The van der Waals surface area contributed by atoms with Crippen molar-refractivity contribution in [1.29, 1.82) is 0 Å². The minimum absolute atomic E-state index is 0.0782. The molecule has 0 aliphatic heterocycles. The van der Waals surface area contributed by atoms with Crippen molar-refractivity contribution in [2.45, 2.75) is 16.7 Å². The molecule has 0 aromatic heterocycles. The van der Waals surface area contributed by atoms with Crippen LogP contribution in [0.15, 0.2) is 81.5 Å². The van der Waals surface area contributed by atoms with E-state index in [0.717, 1.165) is 5.56 Å². The minimum atomic E-state index is -0.437. The molecule has 0 aliphatic rings. The molecule has 0 saturated carbocycles. The van der Waals surface area contributed by atoms with Crippen LogP contribution in [-0.2, 0) is 0 Å². The van der Waals surface area contributed by atoms with Gasteiger partial charge in [-0.2, -0.15) is 0 Å². The molecule has 0 fully saturated rings. The standard InChI is InChI=1S/C20H15ClFNS/c1-14-2-7-17(8-3-14)24-18-9-4-15(5-10-18)13-23-16-6-11-20(22)19(21)12-16/h2-13H,1H3. The van der Waals surface area contributed by atoms with Crippen LogP contribution in [0.2, 0.25) is 5.02 Å². The van der Waals surface area contributed by atoms with Gasteiger partial charge < -0.3 is 0 Å². The summed E-state index contributed by atoms with van der Waals surface area (Å²) in [4.78, 5) is 6.70. The van der Waals surface area contributed by atoms with Crippen LogP contribution in [0, 0.1) is 12.7 Å². The average molecular weight is 356 g/mol. The Morgan fingerprint density at radius 1 is 0.917 bits per heavy atom. The van der Waals surface area contributed by atoms with Crippen molar-refractivity contribution < 1.29 is 4.39 Å². The van der Waals surface area contributed by atoms with Crippen LogP contribution >= 0.6 is 23.4 Å². The Kier molecular flexibility index (Phi) is 5.34. The molecule has 0 saturated heterocycles. The highest BCUT2D eigenvalue weighted by Crippen LogP contribution is 2.28. The molecule has 0 aliphatic carbocycles. The van der Waals surface area contributed by atoms with Crippen molar-refractivity contribution in [1.82, 2.24) is 0 Å². The molecular formula is C20H15ClFNS. The fraction of sp³-hybridized carbons (Fsp3) is 0.0500. The third kappa shape index (κ3) is 4.47. The number of rotatable bonds is 4. The largest absolute Gasteiger partial charge is 0.256 e. The molecule has 3 aromatic carbocycles. The Morgan fingerprint density at radius 2 is 1.54 bits per heavy atom. The minimum Gasteiger partial charge on any atom is -0.256 e. The number of aliphatic imine (C=N–C) groups is 1. The van der Waals surface area contributed by atoms with E-state index < -0.39 is 5.82 Å². The van der Waals surface area contributed by atoms with E-state index in [4.69, 9.17) is 11.6 Å². The van der Waals surface area contributed by atoms with Crippen LogP contribution < -0.4 is 0 Å². The van der Waals surface area contributed by atoms with Gasteiger partial charge in [0.15, 0.2) is 0 Å². The van der Waals surface area contributed by atoms with Gasteiger partial charge in [0.25, 0.3) is 0 Å². The summed E-state index contributed by atoms with van der Waals surface area (Å²) in [6.45, 7) is 2.08. The van der Waals surface area contributed by atoms with Crippen molar-refractivity contribution in [3.8, 4) is 0 Å². The molecule has 0 spiro atoms. The van der Waals surface area contributed by atoms with Crippen LogP contribution in [0.3, 0.4) is 0 Å². The van der Waals surface area contributed by atoms with Gasteiger partial charge in [0, 0.05) is 16.0 Å². The molecule has 0 amide bonds. The maximum atomic E-state index is 13.1. The van der Waals surface area contributed by atoms with Crippen LogP contribution in [-0.4, -0.2) is 6.21 Å². The average Bonchev–Trinajstić information content (AvgIpc) is 2.59. The molecule has 3 aromatic rings. The quantitative estimate of drug-likeness (QED) is 0.475. The molecule has 24 heavy (non-hydrogen) atoms. The lowest BCUT2D eigenvalue weighted by Gasteiger charge is -2.03. The Hall–Kier alpha value is -2.10. The summed E-state index contributed by atoms with van der Waals surface area (Å²) in [6, 6.07) is 21.0. The molecule has 4 heteroatoms. The lowest BCUT2D eigenvalue weighted by Crippen LogP contribution is -1.82. The highest BCUT2D eigenvalue weighted by Gasteiger charge is 2.00. The van der Waals surface area contributed by atoms with E-state index >= 15 is 0 Å². The Morgan fingerprint density at radius 3 is 2.17 bits per heavy atom. The second-order valence-electron chi connectivity index (χ2n) is 5.34. The second kappa shape index (κ2) is 7.65. The fourth-order valence-corrected chi connectivity index (χ4v) is 3.07. The molecule has 0 radical (unpaired) electrons. The third-order valence-electron chi connectivity index (χ3n) is 3.40. The van der Waals surface area contributed by atoms with Crippen LogP contribution in [0.25, 0.3) is 0 Å². The first-order chi connectivity index (χ1) is 11.6. The van der Waals surface area contributed by atoms with E-state index in [0.29, 0.717) is 5.69 Å². The Labute approximate surface area is 150 Å². The Bertz CT molecular complexity index is 858. The van der Waals surface area contributed by atoms with Gasteiger partial charge in [-0.05, 0) is 55.0 Å². The molecule has 0 bridgehead atoms. The number of nitrogens with zero attached hydrogens (tertiary/aromatic N) is 1. The van der Waals surface area contributed by atoms with Crippen molar-refractivity contribution in [3.63, 3.8) is 0 Å². The van der Waals surface area contributed by atoms with E-state index in [-0.39, 0.29) is 5.02 Å². The van der Waals surface area contributed by atoms with Gasteiger partial charge in [-0.1, -0.05) is 53.2 Å². The predicted octanol–water partition coefficient (Wildman–Crippen LogP) is 6.69. The van der Waals surface area contributed by atoms with E-state index in [1.54, 1.807) is 24.0 Å². The SMILES string of the molecule is Cc1ccc(Sc2ccc(C=Nc3ccc(F)c(Cl)c3)cc2)cc1. The van der Waals surface area contributed by atoms with E-state index in [1.807, 2.05) is 12.1 Å². The molecule has 1 nitrogen and oxygen atoms in total. The van der Waals surface area contributed by atoms with Gasteiger partial charge in [0.2, 0.25) is 0 Å². The van der Waals surface area contributed by atoms with Crippen LogP contribution in [0.5, 0.6) is 0 Å². The molecular weight excluding hydrogens is 341 g/mol. The predicted molar refractivity (Wildman–Crippen MR) is 100 cm³/mol. The summed E-state index contributed by atoms with van der Waals surface area (Å²) < 4.78 is 13.1. The van der Waals surface area contributed by atoms with Crippen molar-refractivity contribution in [3.05, 3.63) is 88.7 Å². The maximum Gasteiger partial charge on any atom is 0.141 e.